The van der Waals surface area contributed by atoms with Crippen LogP contribution in [0, 0.1) is 18.7 Å². The topological polar surface area (TPSA) is 21.3 Å². The summed E-state index contributed by atoms with van der Waals surface area (Å²) in [5, 5.41) is 3.68. The normalized spacial score (nSPS) is 24.7. The predicted molar refractivity (Wildman–Crippen MR) is 90.5 cm³/mol. The van der Waals surface area contributed by atoms with Crippen molar-refractivity contribution in [3.63, 3.8) is 0 Å². The fourth-order valence-corrected chi connectivity index (χ4v) is 4.04. The molecule has 0 radical (unpaired) electrons. The van der Waals surface area contributed by atoms with Gasteiger partial charge < -0.3 is 10.1 Å². The van der Waals surface area contributed by atoms with Gasteiger partial charge >= 0.3 is 0 Å². The van der Waals surface area contributed by atoms with Crippen LogP contribution >= 0.6 is 0 Å². The lowest BCUT2D eigenvalue weighted by Crippen LogP contribution is -2.30. The quantitative estimate of drug-likeness (QED) is 0.791. The van der Waals surface area contributed by atoms with Crippen LogP contribution in [-0.4, -0.2) is 7.11 Å². The van der Waals surface area contributed by atoms with Gasteiger partial charge in [-0.15, -0.1) is 0 Å². The molecule has 0 amide bonds. The van der Waals surface area contributed by atoms with Crippen LogP contribution < -0.4 is 10.1 Å². The van der Waals surface area contributed by atoms with Crippen LogP contribution in [0.4, 0.5) is 10.1 Å². The molecule has 0 bridgehead atoms. The molecule has 3 heteroatoms. The molecule has 0 saturated heterocycles. The van der Waals surface area contributed by atoms with Crippen LogP contribution in [0.15, 0.2) is 48.6 Å². The molecule has 3 atom stereocenters. The largest absolute Gasteiger partial charge is 0.495 e. The number of ether oxygens (including phenoxy) is 1. The van der Waals surface area contributed by atoms with Gasteiger partial charge in [0, 0.05) is 5.92 Å². The molecule has 1 aliphatic carbocycles. The summed E-state index contributed by atoms with van der Waals surface area (Å²) in [7, 11) is 1.70. The van der Waals surface area contributed by atoms with Crippen LogP contribution in [0.25, 0.3) is 0 Å². The van der Waals surface area contributed by atoms with Crippen molar-refractivity contribution < 1.29 is 9.13 Å². The molecule has 2 nitrogen and oxygen atoms in total. The second kappa shape index (κ2) is 5.41. The zero-order valence-electron chi connectivity index (χ0n) is 13.3. The van der Waals surface area contributed by atoms with Crippen molar-refractivity contribution in [3.05, 3.63) is 71.1 Å². The molecule has 23 heavy (non-hydrogen) atoms. The molecular formula is C20H20FNO. The van der Waals surface area contributed by atoms with Gasteiger partial charge in [0.25, 0.3) is 0 Å². The molecule has 1 N–H and O–H groups in total. The molecule has 1 heterocycles. The van der Waals surface area contributed by atoms with Crippen molar-refractivity contribution in [2.45, 2.75) is 25.3 Å². The first-order valence-corrected chi connectivity index (χ1v) is 8.05. The van der Waals surface area contributed by atoms with Gasteiger partial charge in [0.1, 0.15) is 11.6 Å². The van der Waals surface area contributed by atoms with Crippen molar-refractivity contribution in [1.82, 2.24) is 0 Å². The van der Waals surface area contributed by atoms with E-state index in [1.165, 1.54) is 23.3 Å². The van der Waals surface area contributed by atoms with E-state index in [9.17, 15) is 4.39 Å². The Morgan fingerprint density at radius 2 is 1.91 bits per heavy atom. The minimum absolute atomic E-state index is 0.166. The van der Waals surface area contributed by atoms with Gasteiger partial charge in [0.15, 0.2) is 0 Å². The van der Waals surface area contributed by atoms with Gasteiger partial charge in [-0.05, 0) is 54.2 Å². The van der Waals surface area contributed by atoms with E-state index < -0.39 is 0 Å². The Balaban J connectivity index is 1.84. The molecule has 0 unspecified atom stereocenters. The number of hydrogen-bond donors (Lipinski definition) is 1. The average molecular weight is 309 g/mol. The second-order valence-electron chi connectivity index (χ2n) is 6.40. The van der Waals surface area contributed by atoms with Crippen LogP contribution in [0.1, 0.15) is 35.1 Å². The van der Waals surface area contributed by atoms with Crippen molar-refractivity contribution in [3.8, 4) is 5.75 Å². The van der Waals surface area contributed by atoms with Crippen molar-refractivity contribution in [2.75, 3.05) is 12.4 Å². The van der Waals surface area contributed by atoms with Crippen LogP contribution in [0.2, 0.25) is 0 Å². The standard InChI is InChI=1S/C20H20FNO/c1-12-6-11-17(23-2)20-18(12)15-4-3-5-16(15)19(22-20)13-7-9-14(21)10-8-13/h3-4,6-11,15-16,19,22H,5H2,1-2H3/t15-,16+,19+/m0/s1. The van der Waals surface area contributed by atoms with E-state index in [2.05, 4.69) is 30.5 Å². The summed E-state index contributed by atoms with van der Waals surface area (Å²) in [5.74, 6) is 1.52. The van der Waals surface area contributed by atoms with Crippen molar-refractivity contribution in [2.24, 2.45) is 5.92 Å². The highest BCUT2D eigenvalue weighted by Crippen LogP contribution is 2.53. The monoisotopic (exact) mass is 309 g/mol. The Morgan fingerprint density at radius 3 is 2.65 bits per heavy atom. The van der Waals surface area contributed by atoms with Gasteiger partial charge in [-0.1, -0.05) is 30.4 Å². The Labute approximate surface area is 136 Å². The Kier molecular flexibility index (Phi) is 3.37. The highest BCUT2D eigenvalue weighted by Gasteiger charge is 2.39. The van der Waals surface area contributed by atoms with Crippen molar-refractivity contribution in [1.29, 1.82) is 0 Å². The molecule has 2 aromatic carbocycles. The maximum Gasteiger partial charge on any atom is 0.142 e. The summed E-state index contributed by atoms with van der Waals surface area (Å²) in [6, 6.07) is 11.2. The molecule has 0 saturated carbocycles. The van der Waals surface area contributed by atoms with Crippen LogP contribution in [-0.2, 0) is 0 Å². The van der Waals surface area contributed by atoms with E-state index in [0.29, 0.717) is 11.8 Å². The van der Waals surface area contributed by atoms with E-state index in [1.54, 1.807) is 7.11 Å². The van der Waals surface area contributed by atoms with E-state index in [-0.39, 0.29) is 11.9 Å². The predicted octanol–water partition coefficient (Wildman–Crippen LogP) is 4.97. The fourth-order valence-electron chi connectivity index (χ4n) is 4.04. The number of methoxy groups -OCH3 is 1. The number of allylic oxidation sites excluding steroid dienone is 2. The fraction of sp³-hybridized carbons (Fsp3) is 0.300. The average Bonchev–Trinajstić information content (AvgIpc) is 3.04. The molecule has 0 fully saturated rings. The summed E-state index contributed by atoms with van der Waals surface area (Å²) in [5.41, 5.74) is 4.82. The summed E-state index contributed by atoms with van der Waals surface area (Å²) >= 11 is 0. The maximum absolute atomic E-state index is 13.3. The highest BCUT2D eigenvalue weighted by molar-refractivity contribution is 5.69. The van der Waals surface area contributed by atoms with Crippen molar-refractivity contribution >= 4 is 5.69 Å². The van der Waals surface area contributed by atoms with E-state index >= 15 is 0 Å². The maximum atomic E-state index is 13.3. The lowest BCUT2D eigenvalue weighted by molar-refractivity contribution is 0.396. The lowest BCUT2D eigenvalue weighted by atomic mass is 9.75. The Bertz CT molecular complexity index is 766. The summed E-state index contributed by atoms with van der Waals surface area (Å²) in [4.78, 5) is 0. The lowest BCUT2D eigenvalue weighted by Gasteiger charge is -2.39. The number of fused-ring (bicyclic) bond motifs is 3. The second-order valence-corrected chi connectivity index (χ2v) is 6.40. The summed E-state index contributed by atoms with van der Waals surface area (Å²) in [6.45, 7) is 2.15. The van der Waals surface area contributed by atoms with Gasteiger partial charge in [-0.2, -0.15) is 0 Å². The molecule has 0 aromatic heterocycles. The minimum Gasteiger partial charge on any atom is -0.495 e. The smallest absolute Gasteiger partial charge is 0.142 e. The third-order valence-electron chi connectivity index (χ3n) is 5.15. The molecule has 2 aliphatic rings. The number of hydrogen-bond acceptors (Lipinski definition) is 2. The first kappa shape index (κ1) is 14.3. The number of benzene rings is 2. The Hall–Kier alpha value is -2.29. The number of nitrogens with one attached hydrogen (secondary N) is 1. The highest BCUT2D eigenvalue weighted by atomic mass is 19.1. The van der Waals surface area contributed by atoms with Gasteiger partial charge in [-0.25, -0.2) is 4.39 Å². The zero-order valence-corrected chi connectivity index (χ0v) is 13.3. The molecule has 2 aromatic rings. The van der Waals surface area contributed by atoms with Gasteiger partial charge in [0.2, 0.25) is 0 Å². The molecule has 118 valence electrons. The van der Waals surface area contributed by atoms with Gasteiger partial charge in [0.05, 0.1) is 18.8 Å². The van der Waals surface area contributed by atoms with E-state index in [1.807, 2.05) is 18.2 Å². The minimum atomic E-state index is -0.195. The van der Waals surface area contributed by atoms with E-state index in [4.69, 9.17) is 4.74 Å². The zero-order chi connectivity index (χ0) is 16.0. The molecule has 1 aliphatic heterocycles. The van der Waals surface area contributed by atoms with Crippen LogP contribution in [0.3, 0.4) is 0 Å². The van der Waals surface area contributed by atoms with Gasteiger partial charge in [-0.3, -0.25) is 0 Å². The third-order valence-corrected chi connectivity index (χ3v) is 5.15. The number of anilines is 1. The number of aryl methyl sites for hydroxylation is 1. The molecule has 0 spiro atoms. The van der Waals surface area contributed by atoms with Crippen LogP contribution in [0.5, 0.6) is 5.75 Å². The third kappa shape index (κ3) is 2.23. The Morgan fingerprint density at radius 1 is 1.13 bits per heavy atom. The first-order valence-electron chi connectivity index (χ1n) is 8.05. The number of halogens is 1. The summed E-state index contributed by atoms with van der Waals surface area (Å²) < 4.78 is 18.9. The number of rotatable bonds is 2. The SMILES string of the molecule is COc1ccc(C)c2c1N[C@H](c1ccc(F)cc1)[C@@H]1CC=C[C@H]21. The van der Waals surface area contributed by atoms with E-state index in [0.717, 1.165) is 23.4 Å². The molecular weight excluding hydrogens is 289 g/mol. The first-order chi connectivity index (χ1) is 11.2. The molecule has 4 rings (SSSR count). The summed E-state index contributed by atoms with van der Waals surface area (Å²) in [6.07, 6.45) is 5.62.